The van der Waals surface area contributed by atoms with Crippen molar-refractivity contribution >= 4 is 15.9 Å². The van der Waals surface area contributed by atoms with E-state index < -0.39 is 27.3 Å². The summed E-state index contributed by atoms with van der Waals surface area (Å²) in [6.45, 7) is 2.70. The van der Waals surface area contributed by atoms with E-state index in [1.165, 1.54) is 39.0 Å². The largest absolute Gasteiger partial charge is 1.00 e. The van der Waals surface area contributed by atoms with E-state index in [4.69, 9.17) is 0 Å². The van der Waals surface area contributed by atoms with Gasteiger partial charge in [0.25, 0.3) is 0 Å². The van der Waals surface area contributed by atoms with Crippen molar-refractivity contribution in [2.45, 2.75) is 89.2 Å². The molecule has 0 radical (unpaired) electrons. The minimum atomic E-state index is -4.84. The number of unbranched alkanes of at least 4 members (excludes halogenated alkanes) is 8. The molecule has 0 aliphatic heterocycles. The van der Waals surface area contributed by atoms with Crippen molar-refractivity contribution in [3.05, 3.63) is 0 Å². The van der Waals surface area contributed by atoms with Crippen LogP contribution in [0.15, 0.2) is 0 Å². The van der Waals surface area contributed by atoms with Crippen molar-refractivity contribution in [3.63, 3.8) is 0 Å². The zero-order chi connectivity index (χ0) is 17.1. The summed E-state index contributed by atoms with van der Waals surface area (Å²) < 4.78 is 31.7. The minimum absolute atomic E-state index is 0. The average Bonchev–Trinajstić information content (AvgIpc) is 2.46. The van der Waals surface area contributed by atoms with E-state index in [0.717, 1.165) is 19.3 Å². The Hall–Kier alpha value is 0.540. The van der Waals surface area contributed by atoms with Crippen molar-refractivity contribution in [1.82, 2.24) is 0 Å². The number of rotatable bonds is 14. The number of Topliss-reactive ketones (excluding diaryl/α,β-unsaturated/α-hetero) is 1. The molecule has 0 aromatic heterocycles. The van der Waals surface area contributed by atoms with Crippen LogP contribution in [0.5, 0.6) is 0 Å². The molecule has 0 saturated heterocycles. The molecular weight excluding hydrogens is 327 g/mol. The molecule has 0 saturated carbocycles. The third-order valence-corrected chi connectivity index (χ3v) is 5.92. The number of carbonyl (C=O) groups is 1. The molecule has 0 aliphatic carbocycles. The van der Waals surface area contributed by atoms with Gasteiger partial charge in [0.2, 0.25) is 0 Å². The second kappa shape index (κ2) is 13.8. The maximum Gasteiger partial charge on any atom is 1.00 e. The van der Waals surface area contributed by atoms with E-state index in [1.54, 1.807) is 0 Å². The van der Waals surface area contributed by atoms with E-state index in [9.17, 15) is 22.9 Å². The molecule has 5 nitrogen and oxygen atoms in total. The summed E-state index contributed by atoms with van der Waals surface area (Å²) in [5, 5.41) is 9.23. The quantitative estimate of drug-likeness (QED) is 0.271. The summed E-state index contributed by atoms with van der Waals surface area (Å²) >= 11 is 0. The van der Waals surface area contributed by atoms with E-state index in [0.29, 0.717) is 6.42 Å². The van der Waals surface area contributed by atoms with Gasteiger partial charge in [-0.05, 0) is 12.8 Å². The molecule has 0 aliphatic rings. The Bertz CT molecular complexity index is 405. The van der Waals surface area contributed by atoms with Crippen LogP contribution in [0.4, 0.5) is 0 Å². The van der Waals surface area contributed by atoms with Crippen molar-refractivity contribution in [2.75, 3.05) is 6.61 Å². The minimum Gasteiger partial charge on any atom is -0.747 e. The van der Waals surface area contributed by atoms with Gasteiger partial charge >= 0.3 is 29.6 Å². The molecule has 1 unspecified atom stereocenters. The Balaban J connectivity index is 0. The van der Waals surface area contributed by atoms with Gasteiger partial charge in [-0.15, -0.1) is 0 Å². The molecule has 0 heterocycles. The van der Waals surface area contributed by atoms with Gasteiger partial charge in [0, 0.05) is 6.42 Å². The summed E-state index contributed by atoms with van der Waals surface area (Å²) in [4.78, 5) is 12.0. The fourth-order valence-corrected chi connectivity index (χ4v) is 3.51. The summed E-state index contributed by atoms with van der Waals surface area (Å²) in [5.74, 6) is -0.643. The van der Waals surface area contributed by atoms with Crippen LogP contribution in [-0.2, 0) is 14.9 Å². The molecular formula is C16H31NaO5S. The van der Waals surface area contributed by atoms with E-state index in [2.05, 4.69) is 6.92 Å². The first-order valence-corrected chi connectivity index (χ1v) is 9.86. The number of ketones is 1. The monoisotopic (exact) mass is 358 g/mol. The van der Waals surface area contributed by atoms with Crippen molar-refractivity contribution in [2.24, 2.45) is 0 Å². The van der Waals surface area contributed by atoms with Gasteiger partial charge in [0.15, 0.2) is 5.78 Å². The predicted molar refractivity (Wildman–Crippen MR) is 86.7 cm³/mol. The summed E-state index contributed by atoms with van der Waals surface area (Å²) in [7, 11) is -4.84. The van der Waals surface area contributed by atoms with Crippen LogP contribution in [0.2, 0.25) is 0 Å². The number of carbonyl (C=O) groups excluding carboxylic acids is 1. The molecule has 0 fully saturated rings. The SMILES string of the molecule is CCCCCCCCCCCC(=O)C(CC)(CO)S(=O)(=O)[O-].[Na+]. The van der Waals surface area contributed by atoms with Crippen molar-refractivity contribution < 1.29 is 52.4 Å². The zero-order valence-electron chi connectivity index (χ0n) is 15.0. The van der Waals surface area contributed by atoms with Crippen LogP contribution in [0.3, 0.4) is 0 Å². The van der Waals surface area contributed by atoms with Crippen LogP contribution in [0, 0.1) is 0 Å². The molecule has 0 amide bonds. The fourth-order valence-electron chi connectivity index (χ4n) is 2.62. The van der Waals surface area contributed by atoms with Gasteiger partial charge in [-0.1, -0.05) is 65.2 Å². The number of hydrogen-bond donors (Lipinski definition) is 1. The Morgan fingerprint density at radius 1 is 0.957 bits per heavy atom. The molecule has 0 bridgehead atoms. The van der Waals surface area contributed by atoms with Crippen LogP contribution in [0.1, 0.15) is 84.5 Å². The van der Waals surface area contributed by atoms with Crippen molar-refractivity contribution in [3.8, 4) is 0 Å². The Morgan fingerprint density at radius 2 is 1.39 bits per heavy atom. The average molecular weight is 358 g/mol. The standard InChI is InChI=1S/C16H32O5S.Na/c1-3-5-6-7-8-9-10-11-12-13-15(18)16(4-2,14-17)22(19,20)21;/h17H,3-14H2,1-2H3,(H,19,20,21);/q;+1/p-1. The number of aliphatic hydroxyl groups is 1. The number of aliphatic hydroxyl groups excluding tert-OH is 1. The van der Waals surface area contributed by atoms with Crippen LogP contribution >= 0.6 is 0 Å². The van der Waals surface area contributed by atoms with Gasteiger partial charge in [0.1, 0.15) is 14.9 Å². The van der Waals surface area contributed by atoms with Gasteiger partial charge < -0.3 is 9.66 Å². The Labute approximate surface area is 163 Å². The van der Waals surface area contributed by atoms with E-state index in [-0.39, 0.29) is 42.4 Å². The molecule has 1 atom stereocenters. The molecule has 0 aromatic rings. The summed E-state index contributed by atoms with van der Waals surface area (Å²) in [6.07, 6.45) is 9.65. The van der Waals surface area contributed by atoms with Crippen LogP contribution in [-0.4, -0.2) is 35.2 Å². The third kappa shape index (κ3) is 8.98. The van der Waals surface area contributed by atoms with Crippen LogP contribution in [0.25, 0.3) is 0 Å². The second-order valence-corrected chi connectivity index (χ2v) is 7.65. The molecule has 0 rings (SSSR count). The predicted octanol–water partition coefficient (Wildman–Crippen LogP) is 0.167. The molecule has 132 valence electrons. The van der Waals surface area contributed by atoms with Gasteiger partial charge in [-0.3, -0.25) is 4.79 Å². The smallest absolute Gasteiger partial charge is 0.747 e. The molecule has 7 heteroatoms. The maximum absolute atomic E-state index is 12.0. The summed E-state index contributed by atoms with van der Waals surface area (Å²) in [6, 6.07) is 0. The first-order chi connectivity index (χ1) is 10.4. The first-order valence-electron chi connectivity index (χ1n) is 8.45. The maximum atomic E-state index is 12.0. The molecule has 1 N–H and O–H groups in total. The van der Waals surface area contributed by atoms with Crippen molar-refractivity contribution in [1.29, 1.82) is 0 Å². The number of hydrogen-bond acceptors (Lipinski definition) is 5. The Kier molecular flexibility index (Phi) is 15.5. The fraction of sp³-hybridized carbons (Fsp3) is 0.938. The summed E-state index contributed by atoms with van der Waals surface area (Å²) in [5.41, 5.74) is 0. The Morgan fingerprint density at radius 3 is 1.74 bits per heavy atom. The zero-order valence-corrected chi connectivity index (χ0v) is 17.8. The first kappa shape index (κ1) is 25.8. The second-order valence-electron chi connectivity index (χ2n) is 5.96. The van der Waals surface area contributed by atoms with Gasteiger partial charge in [0.05, 0.1) is 6.61 Å². The van der Waals surface area contributed by atoms with Gasteiger partial charge in [-0.2, -0.15) is 0 Å². The molecule has 0 aromatic carbocycles. The van der Waals surface area contributed by atoms with E-state index in [1.807, 2.05) is 0 Å². The topological polar surface area (TPSA) is 94.5 Å². The normalized spacial score (nSPS) is 14.1. The molecule has 23 heavy (non-hydrogen) atoms. The molecule has 0 spiro atoms. The van der Waals surface area contributed by atoms with Gasteiger partial charge in [-0.25, -0.2) is 8.42 Å². The third-order valence-electron chi connectivity index (χ3n) is 4.32. The van der Waals surface area contributed by atoms with E-state index >= 15 is 0 Å². The van der Waals surface area contributed by atoms with Crippen LogP contribution < -0.4 is 29.6 Å².